The summed E-state index contributed by atoms with van der Waals surface area (Å²) in [6.45, 7) is -0.652. The number of aromatic nitrogens is 1. The van der Waals surface area contributed by atoms with Gasteiger partial charge in [-0.25, -0.2) is 4.98 Å². The van der Waals surface area contributed by atoms with E-state index in [4.69, 9.17) is 34.8 Å². The van der Waals surface area contributed by atoms with Gasteiger partial charge in [0.05, 0.1) is 22.8 Å². The van der Waals surface area contributed by atoms with E-state index in [2.05, 4.69) is 9.72 Å². The van der Waals surface area contributed by atoms with Gasteiger partial charge in [0.25, 0.3) is 0 Å². The van der Waals surface area contributed by atoms with Gasteiger partial charge in [0.2, 0.25) is 0 Å². The molecule has 6 nitrogen and oxygen atoms in total. The lowest BCUT2D eigenvalue weighted by Gasteiger charge is -2.25. The van der Waals surface area contributed by atoms with E-state index in [1.54, 1.807) is 24.3 Å². The lowest BCUT2D eigenvalue weighted by atomic mass is 10.0. The van der Waals surface area contributed by atoms with E-state index in [0.717, 1.165) is 0 Å². The molecule has 9 heteroatoms. The first-order valence-corrected chi connectivity index (χ1v) is 8.23. The largest absolute Gasteiger partial charge is 0.468 e. The fraction of sp³-hybridized carbons (Fsp3) is 0.250. The third-order valence-corrected chi connectivity index (χ3v) is 4.44. The van der Waals surface area contributed by atoms with Crippen LogP contribution in [0.5, 0.6) is 0 Å². The third kappa shape index (κ3) is 4.54. The lowest BCUT2D eigenvalue weighted by Crippen LogP contribution is -2.32. The maximum Gasteiger partial charge on any atom is 0.325 e. The van der Waals surface area contributed by atoms with Crippen molar-refractivity contribution in [1.29, 1.82) is 0 Å². The zero-order valence-electron chi connectivity index (χ0n) is 13.1. The maximum absolute atomic E-state index is 11.5. The van der Waals surface area contributed by atoms with Crippen molar-refractivity contribution in [3.05, 3.63) is 56.8 Å². The van der Waals surface area contributed by atoms with Crippen molar-refractivity contribution in [2.75, 3.05) is 25.3 Å². The van der Waals surface area contributed by atoms with E-state index < -0.39 is 18.8 Å². The summed E-state index contributed by atoms with van der Waals surface area (Å²) in [6.07, 6.45) is -1.25. The second kappa shape index (κ2) is 8.69. The zero-order valence-corrected chi connectivity index (χ0v) is 15.4. The SMILES string of the molecule is COC(=O)CN(CO)c1ccccc1C(O)c1nc(Cl)c(Cl)cc1Cl. The van der Waals surface area contributed by atoms with Crippen LogP contribution in [-0.2, 0) is 9.53 Å². The molecule has 0 saturated heterocycles. The highest BCUT2D eigenvalue weighted by atomic mass is 35.5. The van der Waals surface area contributed by atoms with Crippen LogP contribution in [0.25, 0.3) is 0 Å². The molecule has 1 atom stereocenters. The van der Waals surface area contributed by atoms with Gasteiger partial charge in [-0.3, -0.25) is 4.79 Å². The van der Waals surface area contributed by atoms with E-state index in [1.165, 1.54) is 18.1 Å². The number of halogens is 3. The van der Waals surface area contributed by atoms with Crippen molar-refractivity contribution >= 4 is 46.5 Å². The molecule has 0 fully saturated rings. The monoisotopic (exact) mass is 404 g/mol. The molecule has 2 rings (SSSR count). The number of benzene rings is 1. The molecule has 0 spiro atoms. The molecule has 0 radical (unpaired) electrons. The molecule has 1 heterocycles. The van der Waals surface area contributed by atoms with Crippen molar-refractivity contribution in [3.63, 3.8) is 0 Å². The fourth-order valence-electron chi connectivity index (χ4n) is 2.23. The number of methoxy groups -OCH3 is 1. The van der Waals surface area contributed by atoms with Gasteiger partial charge < -0.3 is 19.8 Å². The summed E-state index contributed by atoms with van der Waals surface area (Å²) in [5, 5.41) is 20.6. The Hall–Kier alpha value is -1.57. The van der Waals surface area contributed by atoms with Crippen LogP contribution in [0.1, 0.15) is 17.4 Å². The molecule has 1 aromatic carbocycles. The predicted octanol–water partition coefficient (Wildman–Crippen LogP) is 3.05. The van der Waals surface area contributed by atoms with Gasteiger partial charge in [0, 0.05) is 11.3 Å². The van der Waals surface area contributed by atoms with Crippen molar-refractivity contribution in [3.8, 4) is 0 Å². The Bertz CT molecular complexity index is 773. The average Bonchev–Trinajstić information content (AvgIpc) is 2.62. The van der Waals surface area contributed by atoms with Gasteiger partial charge >= 0.3 is 5.97 Å². The Balaban J connectivity index is 2.46. The van der Waals surface area contributed by atoms with Gasteiger partial charge in [-0.2, -0.15) is 0 Å². The number of esters is 1. The molecular formula is C16H15Cl3N2O4. The van der Waals surface area contributed by atoms with Gasteiger partial charge in [0.1, 0.15) is 24.5 Å². The zero-order chi connectivity index (χ0) is 18.6. The molecule has 25 heavy (non-hydrogen) atoms. The normalized spacial score (nSPS) is 11.9. The average molecular weight is 406 g/mol. The van der Waals surface area contributed by atoms with E-state index in [0.29, 0.717) is 11.3 Å². The Morgan fingerprint density at radius 3 is 2.60 bits per heavy atom. The molecule has 0 aliphatic heterocycles. The Morgan fingerprint density at radius 1 is 1.28 bits per heavy atom. The number of nitrogens with zero attached hydrogens (tertiary/aromatic N) is 2. The number of hydrogen-bond donors (Lipinski definition) is 2. The summed E-state index contributed by atoms with van der Waals surface area (Å²) < 4.78 is 4.62. The summed E-state index contributed by atoms with van der Waals surface area (Å²) in [5.74, 6) is -0.538. The van der Waals surface area contributed by atoms with Crippen LogP contribution in [0, 0.1) is 0 Å². The van der Waals surface area contributed by atoms with E-state index in [1.807, 2.05) is 0 Å². The number of rotatable bonds is 6. The number of ether oxygens (including phenoxy) is 1. The molecule has 1 unspecified atom stereocenters. The fourth-order valence-corrected chi connectivity index (χ4v) is 2.84. The minimum absolute atomic E-state index is 0.00572. The predicted molar refractivity (Wildman–Crippen MR) is 96.2 cm³/mol. The summed E-state index contributed by atoms with van der Waals surface area (Å²) in [5.41, 5.74) is 0.916. The van der Waals surface area contributed by atoms with E-state index in [9.17, 15) is 15.0 Å². The number of para-hydroxylation sites is 1. The van der Waals surface area contributed by atoms with Crippen molar-refractivity contribution in [2.24, 2.45) is 0 Å². The molecular weight excluding hydrogens is 391 g/mol. The Labute approximate surface area is 159 Å². The quantitative estimate of drug-likeness (QED) is 0.437. The first-order valence-electron chi connectivity index (χ1n) is 7.10. The summed E-state index contributed by atoms with van der Waals surface area (Å²) in [4.78, 5) is 16.9. The highest BCUT2D eigenvalue weighted by molar-refractivity contribution is 6.42. The molecule has 0 amide bonds. The summed E-state index contributed by atoms with van der Waals surface area (Å²) in [7, 11) is 1.25. The maximum atomic E-state index is 11.5. The summed E-state index contributed by atoms with van der Waals surface area (Å²) in [6, 6.07) is 8.05. The smallest absolute Gasteiger partial charge is 0.325 e. The van der Waals surface area contributed by atoms with Crippen LogP contribution in [0.2, 0.25) is 15.2 Å². The molecule has 0 aliphatic rings. The highest BCUT2D eigenvalue weighted by Gasteiger charge is 2.23. The number of hydrogen-bond acceptors (Lipinski definition) is 6. The number of carbonyl (C=O) groups is 1. The molecule has 134 valence electrons. The minimum Gasteiger partial charge on any atom is -0.468 e. The summed E-state index contributed by atoms with van der Waals surface area (Å²) >= 11 is 17.9. The molecule has 2 N–H and O–H groups in total. The first kappa shape index (κ1) is 19.8. The van der Waals surface area contributed by atoms with Gasteiger partial charge in [0.15, 0.2) is 0 Å². The van der Waals surface area contributed by atoms with Crippen LogP contribution in [-0.4, -0.2) is 41.6 Å². The van der Waals surface area contributed by atoms with Crippen LogP contribution in [0.4, 0.5) is 5.69 Å². The number of carbonyl (C=O) groups excluding carboxylic acids is 1. The van der Waals surface area contributed by atoms with Gasteiger partial charge in [-0.05, 0) is 12.1 Å². The van der Waals surface area contributed by atoms with Crippen molar-refractivity contribution in [2.45, 2.75) is 6.10 Å². The van der Waals surface area contributed by atoms with Crippen molar-refractivity contribution in [1.82, 2.24) is 4.98 Å². The van der Waals surface area contributed by atoms with E-state index >= 15 is 0 Å². The second-order valence-electron chi connectivity index (χ2n) is 5.00. The van der Waals surface area contributed by atoms with E-state index in [-0.39, 0.29) is 27.4 Å². The topological polar surface area (TPSA) is 82.9 Å². The Kier molecular flexibility index (Phi) is 6.87. The number of aliphatic hydroxyl groups excluding tert-OH is 2. The number of aliphatic hydroxyl groups is 2. The van der Waals surface area contributed by atoms with Gasteiger partial charge in [-0.15, -0.1) is 0 Å². The second-order valence-corrected chi connectivity index (χ2v) is 6.18. The molecule has 2 aromatic rings. The minimum atomic E-state index is -1.25. The standard InChI is InChI=1S/C16H15Cl3N2O4/c1-25-13(23)7-21(8-22)12-5-3-2-4-9(12)15(24)14-10(17)6-11(18)16(19)20-14/h2-6,15,22,24H,7-8H2,1H3. The Morgan fingerprint density at radius 2 is 1.96 bits per heavy atom. The molecule has 0 aliphatic carbocycles. The van der Waals surface area contributed by atoms with Crippen molar-refractivity contribution < 1.29 is 19.7 Å². The highest BCUT2D eigenvalue weighted by Crippen LogP contribution is 2.35. The van der Waals surface area contributed by atoms with Crippen LogP contribution < -0.4 is 4.90 Å². The molecule has 0 saturated carbocycles. The van der Waals surface area contributed by atoms with Crippen LogP contribution in [0.15, 0.2) is 30.3 Å². The van der Waals surface area contributed by atoms with Crippen LogP contribution in [0.3, 0.4) is 0 Å². The van der Waals surface area contributed by atoms with Crippen LogP contribution >= 0.6 is 34.8 Å². The first-order chi connectivity index (χ1) is 11.9. The number of pyridine rings is 1. The lowest BCUT2D eigenvalue weighted by molar-refractivity contribution is -0.139. The molecule has 1 aromatic heterocycles. The third-order valence-electron chi connectivity index (χ3n) is 3.46. The number of anilines is 1. The molecule has 0 bridgehead atoms. The van der Waals surface area contributed by atoms with Gasteiger partial charge in [-0.1, -0.05) is 53.0 Å².